The number of anilines is 1. The van der Waals surface area contributed by atoms with Gasteiger partial charge in [-0.1, -0.05) is 6.92 Å². The monoisotopic (exact) mass is 341 g/mol. The van der Waals surface area contributed by atoms with E-state index in [1.54, 1.807) is 6.20 Å². The summed E-state index contributed by atoms with van der Waals surface area (Å²) in [5.74, 6) is 0.140. The number of aromatic nitrogens is 4. The molecule has 2 N–H and O–H groups in total. The Morgan fingerprint density at radius 1 is 1.32 bits per heavy atom. The van der Waals surface area contributed by atoms with Gasteiger partial charge in [0.1, 0.15) is 5.03 Å². The Morgan fingerprint density at radius 3 is 2.84 bits per heavy atom. The molecule has 0 atom stereocenters. The van der Waals surface area contributed by atoms with Crippen molar-refractivity contribution >= 4 is 33.6 Å². The lowest BCUT2D eigenvalue weighted by molar-refractivity contribution is 0.288. The molecule has 0 fully saturated rings. The molecule has 2 rings (SSSR count). The molecule has 0 saturated carbocycles. The van der Waals surface area contributed by atoms with Gasteiger partial charge in [-0.3, -0.25) is 0 Å². The van der Waals surface area contributed by atoms with Crippen molar-refractivity contribution in [2.45, 2.75) is 23.5 Å². The van der Waals surface area contributed by atoms with Crippen LogP contribution in [0.1, 0.15) is 13.3 Å². The summed E-state index contributed by atoms with van der Waals surface area (Å²) in [5, 5.41) is 1.24. The SMILES string of the molecule is CCCOc1nc(N)nc(Sc2ccc(Br)cn2)n1. The second kappa shape index (κ2) is 6.67. The van der Waals surface area contributed by atoms with Crippen LogP contribution in [0.15, 0.2) is 33.0 Å². The van der Waals surface area contributed by atoms with Crippen LogP contribution in [0.5, 0.6) is 6.01 Å². The molecule has 0 spiro atoms. The first-order valence-corrected chi connectivity index (χ1v) is 7.22. The van der Waals surface area contributed by atoms with Gasteiger partial charge in [-0.25, -0.2) is 4.98 Å². The van der Waals surface area contributed by atoms with Gasteiger partial charge >= 0.3 is 6.01 Å². The Labute approximate surface area is 123 Å². The largest absolute Gasteiger partial charge is 0.463 e. The number of nitrogens with two attached hydrogens (primary N) is 1. The van der Waals surface area contributed by atoms with Crippen molar-refractivity contribution in [2.75, 3.05) is 12.3 Å². The van der Waals surface area contributed by atoms with E-state index in [0.717, 1.165) is 15.9 Å². The van der Waals surface area contributed by atoms with E-state index in [-0.39, 0.29) is 12.0 Å². The summed E-state index contributed by atoms with van der Waals surface area (Å²) in [5.41, 5.74) is 5.63. The molecule has 0 aliphatic rings. The van der Waals surface area contributed by atoms with Crippen molar-refractivity contribution in [2.24, 2.45) is 0 Å². The summed E-state index contributed by atoms with van der Waals surface area (Å²) in [6, 6.07) is 4.00. The number of hydrogen-bond donors (Lipinski definition) is 1. The van der Waals surface area contributed by atoms with E-state index in [1.165, 1.54) is 11.8 Å². The summed E-state index contributed by atoms with van der Waals surface area (Å²) in [4.78, 5) is 16.4. The van der Waals surface area contributed by atoms with Crippen LogP contribution in [-0.2, 0) is 0 Å². The zero-order chi connectivity index (χ0) is 13.7. The maximum atomic E-state index is 5.63. The number of rotatable bonds is 5. The van der Waals surface area contributed by atoms with E-state index in [4.69, 9.17) is 10.5 Å². The van der Waals surface area contributed by atoms with Crippen LogP contribution >= 0.6 is 27.7 Å². The van der Waals surface area contributed by atoms with E-state index in [0.29, 0.717) is 11.8 Å². The normalized spacial score (nSPS) is 10.4. The van der Waals surface area contributed by atoms with E-state index >= 15 is 0 Å². The fourth-order valence-electron chi connectivity index (χ4n) is 1.17. The molecule has 0 bridgehead atoms. The number of halogens is 1. The second-order valence-electron chi connectivity index (χ2n) is 3.52. The predicted molar refractivity (Wildman–Crippen MR) is 76.1 cm³/mol. The van der Waals surface area contributed by atoms with Crippen LogP contribution in [0.3, 0.4) is 0 Å². The third-order valence-corrected chi connectivity index (χ3v) is 3.23. The minimum Gasteiger partial charge on any atom is -0.463 e. The fraction of sp³-hybridized carbons (Fsp3) is 0.273. The minimum atomic E-state index is 0.140. The van der Waals surface area contributed by atoms with Crippen molar-refractivity contribution in [3.8, 4) is 6.01 Å². The molecule has 6 nitrogen and oxygen atoms in total. The number of nitrogens with zero attached hydrogens (tertiary/aromatic N) is 4. The van der Waals surface area contributed by atoms with E-state index < -0.39 is 0 Å². The third-order valence-electron chi connectivity index (χ3n) is 1.94. The van der Waals surface area contributed by atoms with Crippen LogP contribution in [0.25, 0.3) is 0 Å². The van der Waals surface area contributed by atoms with Gasteiger partial charge in [0.25, 0.3) is 0 Å². The lowest BCUT2D eigenvalue weighted by Crippen LogP contribution is -2.05. The molecule has 0 radical (unpaired) electrons. The Morgan fingerprint density at radius 2 is 2.16 bits per heavy atom. The molecule has 0 aliphatic carbocycles. The van der Waals surface area contributed by atoms with Crippen molar-refractivity contribution in [3.63, 3.8) is 0 Å². The average Bonchev–Trinajstić information content (AvgIpc) is 2.38. The molecule has 0 saturated heterocycles. The second-order valence-corrected chi connectivity index (χ2v) is 5.43. The highest BCUT2D eigenvalue weighted by Gasteiger charge is 2.08. The molecule has 100 valence electrons. The molecule has 19 heavy (non-hydrogen) atoms. The van der Waals surface area contributed by atoms with Crippen LogP contribution in [0.4, 0.5) is 5.95 Å². The van der Waals surface area contributed by atoms with Crippen molar-refractivity contribution in [3.05, 3.63) is 22.8 Å². The zero-order valence-corrected chi connectivity index (χ0v) is 12.6. The van der Waals surface area contributed by atoms with Gasteiger partial charge in [0.05, 0.1) is 6.61 Å². The third kappa shape index (κ3) is 4.32. The summed E-state index contributed by atoms with van der Waals surface area (Å²) < 4.78 is 6.27. The van der Waals surface area contributed by atoms with Crippen LogP contribution < -0.4 is 10.5 Å². The van der Waals surface area contributed by atoms with Crippen molar-refractivity contribution in [1.82, 2.24) is 19.9 Å². The molecular formula is C11H12BrN5OS. The Bertz CT molecular complexity index is 551. The van der Waals surface area contributed by atoms with Gasteiger partial charge in [-0.2, -0.15) is 15.0 Å². The van der Waals surface area contributed by atoms with Gasteiger partial charge in [0, 0.05) is 10.7 Å². The molecule has 2 aromatic heterocycles. The first kappa shape index (κ1) is 14.0. The van der Waals surface area contributed by atoms with Crippen molar-refractivity contribution in [1.29, 1.82) is 0 Å². The number of ether oxygens (including phenoxy) is 1. The molecule has 0 amide bonds. The van der Waals surface area contributed by atoms with E-state index in [9.17, 15) is 0 Å². The Balaban J connectivity index is 2.15. The van der Waals surface area contributed by atoms with Gasteiger partial charge in [-0.15, -0.1) is 0 Å². The fourth-order valence-corrected chi connectivity index (χ4v) is 2.10. The summed E-state index contributed by atoms with van der Waals surface area (Å²) in [6.45, 7) is 2.55. The smallest absolute Gasteiger partial charge is 0.322 e. The first-order chi connectivity index (χ1) is 9.17. The van der Waals surface area contributed by atoms with Gasteiger partial charge < -0.3 is 10.5 Å². The maximum Gasteiger partial charge on any atom is 0.322 e. The lowest BCUT2D eigenvalue weighted by Gasteiger charge is -2.05. The molecule has 0 unspecified atom stereocenters. The van der Waals surface area contributed by atoms with Gasteiger partial charge in [-0.05, 0) is 46.2 Å². The summed E-state index contributed by atoms with van der Waals surface area (Å²) in [7, 11) is 0. The standard InChI is InChI=1S/C11H12BrN5OS/c1-2-5-18-10-15-9(13)16-11(17-10)19-8-4-3-7(12)6-14-8/h3-4,6H,2,5H2,1H3,(H2,13,15,16,17). The molecular weight excluding hydrogens is 330 g/mol. The van der Waals surface area contributed by atoms with Crippen LogP contribution in [0, 0.1) is 0 Å². The molecule has 0 aromatic carbocycles. The highest BCUT2D eigenvalue weighted by Crippen LogP contribution is 2.25. The Hall–Kier alpha value is -1.41. The maximum absolute atomic E-state index is 5.63. The summed E-state index contributed by atoms with van der Waals surface area (Å²) >= 11 is 4.63. The highest BCUT2D eigenvalue weighted by atomic mass is 79.9. The number of hydrogen-bond acceptors (Lipinski definition) is 7. The molecule has 2 heterocycles. The first-order valence-electron chi connectivity index (χ1n) is 5.61. The van der Waals surface area contributed by atoms with E-state index in [1.807, 2.05) is 19.1 Å². The highest BCUT2D eigenvalue weighted by molar-refractivity contribution is 9.10. The average molecular weight is 342 g/mol. The van der Waals surface area contributed by atoms with E-state index in [2.05, 4.69) is 35.9 Å². The molecule has 8 heteroatoms. The zero-order valence-electron chi connectivity index (χ0n) is 10.2. The quantitative estimate of drug-likeness (QED) is 0.893. The lowest BCUT2D eigenvalue weighted by atomic mass is 10.5. The number of nitrogen functional groups attached to an aromatic ring is 1. The van der Waals surface area contributed by atoms with Gasteiger partial charge in [0.2, 0.25) is 11.1 Å². The molecule has 2 aromatic rings. The Kier molecular flexibility index (Phi) is 4.92. The van der Waals surface area contributed by atoms with Gasteiger partial charge in [0.15, 0.2) is 0 Å². The van der Waals surface area contributed by atoms with Crippen LogP contribution in [-0.4, -0.2) is 26.5 Å². The van der Waals surface area contributed by atoms with Crippen LogP contribution in [0.2, 0.25) is 0 Å². The predicted octanol–water partition coefficient (Wildman–Crippen LogP) is 2.55. The van der Waals surface area contributed by atoms with Crippen molar-refractivity contribution < 1.29 is 4.74 Å². The topological polar surface area (TPSA) is 86.8 Å². The molecule has 0 aliphatic heterocycles. The number of pyridine rings is 1. The summed E-state index contributed by atoms with van der Waals surface area (Å²) in [6.07, 6.45) is 2.59. The minimum absolute atomic E-state index is 0.140.